The monoisotopic (exact) mass is 398 g/mol. The highest BCUT2D eigenvalue weighted by molar-refractivity contribution is 6.02. The maximum atomic E-state index is 14.4. The van der Waals surface area contributed by atoms with Gasteiger partial charge in [-0.1, -0.05) is 0 Å². The molecule has 1 aliphatic carbocycles. The molecule has 0 saturated heterocycles. The second-order valence-corrected chi connectivity index (χ2v) is 7.68. The maximum Gasteiger partial charge on any atom is 0.240 e. The Labute approximate surface area is 166 Å². The number of hydrogen-bond acceptors (Lipinski definition) is 5. The van der Waals surface area contributed by atoms with Gasteiger partial charge in [-0.3, -0.25) is 4.79 Å². The molecule has 1 aromatic rings. The number of carbonyl (C=O) groups excluding carboxylic acids is 1. The lowest BCUT2D eigenvalue weighted by Crippen LogP contribution is -2.43. The highest BCUT2D eigenvalue weighted by atomic mass is 19.1. The molecule has 3 heterocycles. The predicted octanol–water partition coefficient (Wildman–Crippen LogP) is 2.29. The van der Waals surface area contributed by atoms with Gasteiger partial charge < -0.3 is 20.7 Å². The molecule has 0 spiro atoms. The van der Waals surface area contributed by atoms with E-state index < -0.39 is 23.6 Å². The summed E-state index contributed by atoms with van der Waals surface area (Å²) in [5.74, 6) is -1.03. The number of hydrogen-bond donors (Lipinski definition) is 2. The number of ether oxygens (including phenoxy) is 1. The Morgan fingerprint density at radius 1 is 1.34 bits per heavy atom. The number of carbonyl (C=O) groups is 1. The summed E-state index contributed by atoms with van der Waals surface area (Å²) in [4.78, 5) is 18.3. The smallest absolute Gasteiger partial charge is 0.240 e. The number of rotatable bonds is 5. The Hall–Kier alpha value is -3.16. The zero-order valence-corrected chi connectivity index (χ0v) is 15.6. The van der Waals surface area contributed by atoms with Crippen LogP contribution in [-0.2, 0) is 9.53 Å². The van der Waals surface area contributed by atoms with Gasteiger partial charge in [0.1, 0.15) is 36.4 Å². The third kappa shape index (κ3) is 3.08. The maximum absolute atomic E-state index is 14.4. The lowest BCUT2D eigenvalue weighted by Gasteiger charge is -2.30. The first-order valence-corrected chi connectivity index (χ1v) is 9.64. The van der Waals surface area contributed by atoms with Crippen molar-refractivity contribution in [2.45, 2.75) is 25.3 Å². The largest absolute Gasteiger partial charge is 0.495 e. The zero-order valence-electron chi connectivity index (χ0n) is 15.6. The number of halogens is 2. The van der Waals surface area contributed by atoms with Gasteiger partial charge in [0.2, 0.25) is 5.91 Å². The van der Waals surface area contributed by atoms with Crippen LogP contribution in [0.3, 0.4) is 0 Å². The van der Waals surface area contributed by atoms with Gasteiger partial charge in [0.15, 0.2) is 0 Å². The van der Waals surface area contributed by atoms with E-state index in [0.717, 1.165) is 42.2 Å². The second kappa shape index (κ2) is 6.72. The first-order valence-electron chi connectivity index (χ1n) is 9.64. The number of nitrogens with two attached hydrogens (primary N) is 1. The minimum Gasteiger partial charge on any atom is -0.495 e. The van der Waals surface area contributed by atoms with Crippen molar-refractivity contribution in [3.8, 4) is 0 Å². The number of benzene rings is 1. The number of nitrogens with zero attached hydrogens (tertiary/aromatic N) is 2. The molecule has 3 N–H and O–H groups in total. The van der Waals surface area contributed by atoms with Gasteiger partial charge in [0, 0.05) is 24.4 Å². The Bertz CT molecular complexity index is 1020. The van der Waals surface area contributed by atoms with Crippen molar-refractivity contribution in [2.75, 3.05) is 13.2 Å². The van der Waals surface area contributed by atoms with E-state index in [4.69, 9.17) is 10.5 Å². The number of primary amides is 1. The van der Waals surface area contributed by atoms with Crippen molar-refractivity contribution in [1.82, 2.24) is 10.2 Å². The van der Waals surface area contributed by atoms with E-state index in [-0.39, 0.29) is 11.5 Å². The molecule has 1 aromatic carbocycles. The van der Waals surface area contributed by atoms with Crippen molar-refractivity contribution in [2.24, 2.45) is 16.6 Å². The highest BCUT2D eigenvalue weighted by Gasteiger charge is 2.39. The van der Waals surface area contributed by atoms with Crippen LogP contribution in [0.4, 0.5) is 8.78 Å². The molecule has 5 rings (SSSR count). The Balaban J connectivity index is 1.54. The summed E-state index contributed by atoms with van der Waals surface area (Å²) in [7, 11) is 0. The minimum absolute atomic E-state index is 0.223. The molecule has 6 nitrogen and oxygen atoms in total. The number of amides is 1. The molecule has 3 aliphatic heterocycles. The third-order valence-corrected chi connectivity index (χ3v) is 5.70. The molecular weight excluding hydrogens is 378 g/mol. The molecule has 1 amide bonds. The van der Waals surface area contributed by atoms with Crippen LogP contribution in [0.2, 0.25) is 0 Å². The Kier molecular flexibility index (Phi) is 4.15. The molecule has 0 aromatic heterocycles. The van der Waals surface area contributed by atoms with E-state index in [0.29, 0.717) is 24.7 Å². The fourth-order valence-corrected chi connectivity index (χ4v) is 4.11. The van der Waals surface area contributed by atoms with Gasteiger partial charge in [-0.05, 0) is 42.9 Å². The lowest BCUT2D eigenvalue weighted by atomic mass is 10.0. The van der Waals surface area contributed by atoms with E-state index in [1.165, 1.54) is 12.1 Å². The Morgan fingerprint density at radius 3 is 2.90 bits per heavy atom. The molecule has 150 valence electrons. The summed E-state index contributed by atoms with van der Waals surface area (Å²) in [6, 6.07) is 3.02. The summed E-state index contributed by atoms with van der Waals surface area (Å²) in [5, 5.41) is 3.24. The SMILES string of the molecule is NC(=O)C(NC1=COCC2=C3C1=CN=C(c1ccc(F)cc1F)N3CC2)C1CC1. The van der Waals surface area contributed by atoms with Gasteiger partial charge in [-0.15, -0.1) is 0 Å². The van der Waals surface area contributed by atoms with Crippen molar-refractivity contribution in [3.05, 3.63) is 70.4 Å². The number of aliphatic imine (C=N–C) groups is 1. The van der Waals surface area contributed by atoms with E-state index >= 15 is 0 Å². The minimum atomic E-state index is -0.657. The van der Waals surface area contributed by atoms with Crippen LogP contribution in [0.25, 0.3) is 0 Å². The average Bonchev–Trinajstić information content (AvgIpc) is 3.45. The first kappa shape index (κ1) is 17.9. The topological polar surface area (TPSA) is 80.0 Å². The van der Waals surface area contributed by atoms with E-state index in [1.807, 2.05) is 4.90 Å². The highest BCUT2D eigenvalue weighted by Crippen LogP contribution is 2.39. The van der Waals surface area contributed by atoms with Gasteiger partial charge in [-0.25, -0.2) is 13.8 Å². The van der Waals surface area contributed by atoms with Crippen LogP contribution in [0.1, 0.15) is 24.8 Å². The molecule has 1 unspecified atom stereocenters. The van der Waals surface area contributed by atoms with Gasteiger partial charge >= 0.3 is 0 Å². The van der Waals surface area contributed by atoms with Gasteiger partial charge in [-0.2, -0.15) is 0 Å². The zero-order chi connectivity index (χ0) is 20.1. The molecule has 8 heteroatoms. The summed E-state index contributed by atoms with van der Waals surface area (Å²) in [6.07, 6.45) is 5.91. The predicted molar refractivity (Wildman–Crippen MR) is 102 cm³/mol. The molecule has 1 saturated carbocycles. The van der Waals surface area contributed by atoms with Crippen LogP contribution in [0.15, 0.2) is 58.2 Å². The number of nitrogens with one attached hydrogen (secondary N) is 1. The van der Waals surface area contributed by atoms with Crippen molar-refractivity contribution in [1.29, 1.82) is 0 Å². The number of amidine groups is 1. The van der Waals surface area contributed by atoms with Crippen molar-refractivity contribution < 1.29 is 18.3 Å². The lowest BCUT2D eigenvalue weighted by molar-refractivity contribution is -0.120. The van der Waals surface area contributed by atoms with E-state index in [1.54, 1.807) is 12.5 Å². The van der Waals surface area contributed by atoms with Crippen LogP contribution >= 0.6 is 0 Å². The molecule has 1 atom stereocenters. The molecule has 4 aliphatic rings. The van der Waals surface area contributed by atoms with Crippen LogP contribution < -0.4 is 11.1 Å². The van der Waals surface area contributed by atoms with Gasteiger partial charge in [0.25, 0.3) is 0 Å². The molecule has 1 fully saturated rings. The molecule has 0 radical (unpaired) electrons. The van der Waals surface area contributed by atoms with E-state index in [9.17, 15) is 13.6 Å². The van der Waals surface area contributed by atoms with Crippen molar-refractivity contribution >= 4 is 11.7 Å². The van der Waals surface area contributed by atoms with Gasteiger partial charge in [0.05, 0.1) is 17.0 Å². The average molecular weight is 398 g/mol. The second-order valence-electron chi connectivity index (χ2n) is 7.68. The summed E-state index contributed by atoms with van der Waals surface area (Å²) in [6.45, 7) is 1.02. The Morgan fingerprint density at radius 2 is 2.17 bits per heavy atom. The van der Waals surface area contributed by atoms with Crippen LogP contribution in [0, 0.1) is 17.6 Å². The first-order chi connectivity index (χ1) is 14.0. The van der Waals surface area contributed by atoms with Crippen LogP contribution in [0.5, 0.6) is 0 Å². The summed E-state index contributed by atoms with van der Waals surface area (Å²) in [5.41, 5.74) is 9.22. The third-order valence-electron chi connectivity index (χ3n) is 5.70. The fraction of sp³-hybridized carbons (Fsp3) is 0.333. The van der Waals surface area contributed by atoms with E-state index in [2.05, 4.69) is 10.3 Å². The standard InChI is InChI=1S/C21H20F2N4O2/c22-13-3-4-14(16(23)7-13)21-25-8-15-17(26-18(20(24)28)11-1-2-11)10-29-9-12-5-6-27(21)19(12)15/h3-4,7-8,10-11,18,26H,1-2,5-6,9H2,(H2,24,28). The molecule has 0 bridgehead atoms. The summed E-state index contributed by atoms with van der Waals surface area (Å²) < 4.78 is 33.5. The van der Waals surface area contributed by atoms with Crippen LogP contribution in [-0.4, -0.2) is 35.8 Å². The fourth-order valence-electron chi connectivity index (χ4n) is 4.11. The molecule has 29 heavy (non-hydrogen) atoms. The van der Waals surface area contributed by atoms with Crippen molar-refractivity contribution in [3.63, 3.8) is 0 Å². The summed E-state index contributed by atoms with van der Waals surface area (Å²) >= 11 is 0. The quantitative estimate of drug-likeness (QED) is 0.798. The normalized spacial score (nSPS) is 21.4. The molecular formula is C21H20F2N4O2.